The Bertz CT molecular complexity index is 776. The van der Waals surface area contributed by atoms with Gasteiger partial charge in [-0.25, -0.2) is 4.99 Å². The van der Waals surface area contributed by atoms with Crippen molar-refractivity contribution in [3.8, 4) is 0 Å². The van der Waals surface area contributed by atoms with Gasteiger partial charge in [0, 0.05) is 31.8 Å². The van der Waals surface area contributed by atoms with E-state index < -0.39 is 0 Å². The van der Waals surface area contributed by atoms with Crippen LogP contribution < -0.4 is 16.0 Å². The second-order valence-electron chi connectivity index (χ2n) is 6.96. The Balaban J connectivity index is 1.75. The molecule has 1 amide bonds. The van der Waals surface area contributed by atoms with Crippen LogP contribution in [-0.4, -0.2) is 38.1 Å². The molecule has 2 rings (SSSR count). The quantitative estimate of drug-likeness (QED) is 0.300. The SMILES string of the molecule is CCNC(=O)c1ccc(CN=C(NCC)NCCCOC(C)c2ccccc2)cc1. The fraction of sp³-hybridized carbons (Fsp3) is 0.417. The zero-order valence-electron chi connectivity index (χ0n) is 18.3. The number of ether oxygens (including phenoxy) is 1. The van der Waals surface area contributed by atoms with E-state index in [2.05, 4.69) is 40.0 Å². The lowest BCUT2D eigenvalue weighted by Gasteiger charge is -2.14. The van der Waals surface area contributed by atoms with Crippen molar-refractivity contribution in [3.63, 3.8) is 0 Å². The molecule has 0 bridgehead atoms. The summed E-state index contributed by atoms with van der Waals surface area (Å²) in [5.41, 5.74) is 2.91. The molecule has 0 aliphatic rings. The molecule has 162 valence electrons. The Morgan fingerprint density at radius 2 is 1.67 bits per heavy atom. The van der Waals surface area contributed by atoms with Crippen LogP contribution in [0.3, 0.4) is 0 Å². The van der Waals surface area contributed by atoms with Crippen molar-refractivity contribution in [3.05, 3.63) is 71.3 Å². The Morgan fingerprint density at radius 3 is 2.33 bits per heavy atom. The zero-order valence-corrected chi connectivity index (χ0v) is 18.3. The van der Waals surface area contributed by atoms with Gasteiger partial charge in [-0.2, -0.15) is 0 Å². The maximum absolute atomic E-state index is 11.8. The normalized spacial score (nSPS) is 12.3. The van der Waals surface area contributed by atoms with E-state index in [1.54, 1.807) is 0 Å². The highest BCUT2D eigenvalue weighted by molar-refractivity contribution is 5.94. The number of hydrogen-bond acceptors (Lipinski definition) is 3. The van der Waals surface area contributed by atoms with Gasteiger partial charge in [0.1, 0.15) is 0 Å². The fourth-order valence-corrected chi connectivity index (χ4v) is 2.90. The van der Waals surface area contributed by atoms with Crippen LogP contribution in [0.1, 0.15) is 54.8 Å². The summed E-state index contributed by atoms with van der Waals surface area (Å²) in [6.07, 6.45) is 0.985. The Morgan fingerprint density at radius 1 is 0.967 bits per heavy atom. The van der Waals surface area contributed by atoms with Gasteiger partial charge in [-0.3, -0.25) is 4.79 Å². The minimum atomic E-state index is -0.0497. The molecule has 6 nitrogen and oxygen atoms in total. The molecule has 0 heterocycles. The average Bonchev–Trinajstić information content (AvgIpc) is 2.78. The second kappa shape index (κ2) is 13.4. The van der Waals surface area contributed by atoms with E-state index in [1.165, 1.54) is 5.56 Å². The Hall–Kier alpha value is -2.86. The molecular weight excluding hydrogens is 376 g/mol. The van der Waals surface area contributed by atoms with E-state index in [4.69, 9.17) is 4.74 Å². The predicted octanol–water partition coefficient (Wildman–Crippen LogP) is 3.66. The highest BCUT2D eigenvalue weighted by Gasteiger charge is 2.05. The van der Waals surface area contributed by atoms with Crippen LogP contribution in [0.5, 0.6) is 0 Å². The van der Waals surface area contributed by atoms with E-state index in [0.717, 1.165) is 31.0 Å². The van der Waals surface area contributed by atoms with Gasteiger partial charge in [0.15, 0.2) is 5.96 Å². The van der Waals surface area contributed by atoms with Crippen molar-refractivity contribution in [1.82, 2.24) is 16.0 Å². The van der Waals surface area contributed by atoms with E-state index in [9.17, 15) is 4.79 Å². The molecule has 0 radical (unpaired) electrons. The van der Waals surface area contributed by atoms with Gasteiger partial charge >= 0.3 is 0 Å². The number of aliphatic imine (C=N–C) groups is 1. The van der Waals surface area contributed by atoms with E-state index >= 15 is 0 Å². The summed E-state index contributed by atoms with van der Waals surface area (Å²) in [7, 11) is 0. The van der Waals surface area contributed by atoms with E-state index in [1.807, 2.05) is 56.3 Å². The molecular formula is C24H34N4O2. The maximum atomic E-state index is 11.8. The zero-order chi connectivity index (χ0) is 21.6. The van der Waals surface area contributed by atoms with Gasteiger partial charge in [-0.1, -0.05) is 42.5 Å². The van der Waals surface area contributed by atoms with Crippen LogP contribution >= 0.6 is 0 Å². The topological polar surface area (TPSA) is 74.8 Å². The fourth-order valence-electron chi connectivity index (χ4n) is 2.90. The number of carbonyl (C=O) groups excluding carboxylic acids is 1. The van der Waals surface area contributed by atoms with Gasteiger partial charge in [0.2, 0.25) is 0 Å². The maximum Gasteiger partial charge on any atom is 0.251 e. The number of nitrogens with zero attached hydrogens (tertiary/aromatic N) is 1. The minimum absolute atomic E-state index is 0.0497. The first-order valence-electron chi connectivity index (χ1n) is 10.7. The molecule has 1 unspecified atom stereocenters. The highest BCUT2D eigenvalue weighted by atomic mass is 16.5. The van der Waals surface area contributed by atoms with Gasteiger partial charge in [-0.15, -0.1) is 0 Å². The number of benzene rings is 2. The van der Waals surface area contributed by atoms with Crippen molar-refractivity contribution < 1.29 is 9.53 Å². The molecule has 0 aromatic heterocycles. The Labute approximate surface area is 180 Å². The molecule has 30 heavy (non-hydrogen) atoms. The smallest absolute Gasteiger partial charge is 0.251 e. The largest absolute Gasteiger partial charge is 0.374 e. The van der Waals surface area contributed by atoms with Gasteiger partial charge in [-0.05, 0) is 50.5 Å². The van der Waals surface area contributed by atoms with Crippen LogP contribution in [0, 0.1) is 0 Å². The lowest BCUT2D eigenvalue weighted by molar-refractivity contribution is 0.0646. The summed E-state index contributed by atoms with van der Waals surface area (Å²) >= 11 is 0. The Kier molecular flexibility index (Phi) is 10.4. The molecule has 0 spiro atoms. The monoisotopic (exact) mass is 410 g/mol. The first-order valence-corrected chi connectivity index (χ1v) is 10.7. The highest BCUT2D eigenvalue weighted by Crippen LogP contribution is 2.15. The average molecular weight is 411 g/mol. The molecule has 6 heteroatoms. The van der Waals surface area contributed by atoms with E-state index in [0.29, 0.717) is 25.3 Å². The summed E-state index contributed by atoms with van der Waals surface area (Å²) < 4.78 is 5.91. The molecule has 0 aliphatic heterocycles. The standard InChI is InChI=1S/C24H34N4O2/c1-4-25-23(29)22-14-12-20(13-15-22)18-28-24(26-5-2)27-16-9-17-30-19(3)21-10-7-6-8-11-21/h6-8,10-15,19H,4-5,9,16-18H2,1-3H3,(H,25,29)(H2,26,27,28). The third-order valence-electron chi connectivity index (χ3n) is 4.57. The summed E-state index contributed by atoms with van der Waals surface area (Å²) in [5, 5.41) is 9.41. The number of amides is 1. The summed E-state index contributed by atoms with van der Waals surface area (Å²) in [5.74, 6) is 0.729. The predicted molar refractivity (Wildman–Crippen MR) is 123 cm³/mol. The van der Waals surface area contributed by atoms with Crippen molar-refractivity contribution in [2.45, 2.75) is 39.8 Å². The summed E-state index contributed by atoms with van der Waals surface area (Å²) in [6, 6.07) is 17.8. The lowest BCUT2D eigenvalue weighted by Crippen LogP contribution is -2.38. The van der Waals surface area contributed by atoms with Crippen LogP contribution in [0.2, 0.25) is 0 Å². The molecule has 0 saturated carbocycles. The number of hydrogen-bond donors (Lipinski definition) is 3. The molecule has 0 fully saturated rings. The van der Waals surface area contributed by atoms with Gasteiger partial charge in [0.25, 0.3) is 5.91 Å². The first kappa shape index (κ1) is 23.4. The van der Waals surface area contributed by atoms with Crippen LogP contribution in [0.15, 0.2) is 59.6 Å². The van der Waals surface area contributed by atoms with Crippen molar-refractivity contribution in [2.24, 2.45) is 4.99 Å². The van der Waals surface area contributed by atoms with Gasteiger partial charge < -0.3 is 20.7 Å². The van der Waals surface area contributed by atoms with Crippen LogP contribution in [0.4, 0.5) is 0 Å². The molecule has 3 N–H and O–H groups in total. The molecule has 0 aliphatic carbocycles. The van der Waals surface area contributed by atoms with E-state index in [-0.39, 0.29) is 12.0 Å². The molecule has 2 aromatic rings. The van der Waals surface area contributed by atoms with Gasteiger partial charge in [0.05, 0.1) is 12.6 Å². The van der Waals surface area contributed by atoms with Crippen molar-refractivity contribution in [2.75, 3.05) is 26.2 Å². The summed E-state index contributed by atoms with van der Waals surface area (Å²) in [6.45, 7) is 9.46. The molecule has 0 saturated heterocycles. The first-order chi connectivity index (χ1) is 14.6. The number of nitrogens with one attached hydrogen (secondary N) is 3. The number of guanidine groups is 1. The molecule has 2 aromatic carbocycles. The second-order valence-corrected chi connectivity index (χ2v) is 6.96. The number of carbonyl (C=O) groups is 1. The summed E-state index contributed by atoms with van der Waals surface area (Å²) in [4.78, 5) is 16.5. The van der Waals surface area contributed by atoms with Crippen LogP contribution in [0.25, 0.3) is 0 Å². The van der Waals surface area contributed by atoms with Crippen LogP contribution in [-0.2, 0) is 11.3 Å². The third kappa shape index (κ3) is 8.25. The van der Waals surface area contributed by atoms with Crippen molar-refractivity contribution in [1.29, 1.82) is 0 Å². The third-order valence-corrected chi connectivity index (χ3v) is 4.57. The minimum Gasteiger partial charge on any atom is -0.374 e. The number of rotatable bonds is 11. The lowest BCUT2D eigenvalue weighted by atomic mass is 10.1. The van der Waals surface area contributed by atoms with Crippen molar-refractivity contribution >= 4 is 11.9 Å². The molecule has 1 atom stereocenters.